The lowest BCUT2D eigenvalue weighted by molar-refractivity contribution is 0.0694. The summed E-state index contributed by atoms with van der Waals surface area (Å²) in [5.74, 6) is -1.58. The van der Waals surface area contributed by atoms with Crippen LogP contribution in [0.2, 0.25) is 0 Å². The van der Waals surface area contributed by atoms with Crippen molar-refractivity contribution in [3.8, 4) is 23.1 Å². The summed E-state index contributed by atoms with van der Waals surface area (Å²) in [5, 5.41) is 28.0. The Morgan fingerprint density at radius 1 is 1.26 bits per heavy atom. The molecule has 2 aromatic heterocycles. The van der Waals surface area contributed by atoms with Gasteiger partial charge in [-0.3, -0.25) is 0 Å². The van der Waals surface area contributed by atoms with Crippen LogP contribution < -0.4 is 0 Å². The number of alkyl halides is 1. The van der Waals surface area contributed by atoms with Crippen molar-refractivity contribution in [2.24, 2.45) is 0 Å². The van der Waals surface area contributed by atoms with Crippen molar-refractivity contribution in [2.75, 3.05) is 0 Å². The van der Waals surface area contributed by atoms with Gasteiger partial charge in [-0.2, -0.15) is 5.26 Å². The van der Waals surface area contributed by atoms with Gasteiger partial charge in [-0.05, 0) is 35.9 Å². The minimum absolute atomic E-state index is 0.199. The summed E-state index contributed by atoms with van der Waals surface area (Å²) in [5.41, 5.74) is 2.35. The third-order valence-corrected chi connectivity index (χ3v) is 3.63. The van der Waals surface area contributed by atoms with Gasteiger partial charge in [0.05, 0.1) is 16.8 Å². The van der Waals surface area contributed by atoms with Crippen LogP contribution in [0.3, 0.4) is 0 Å². The monoisotopic (exact) mass is 310 g/mol. The maximum absolute atomic E-state index is 12.8. The summed E-state index contributed by atoms with van der Waals surface area (Å²) in [6, 6.07) is 11.0. The first-order valence-electron chi connectivity index (χ1n) is 6.72. The minimum Gasteiger partial charge on any atom is -0.507 e. The fraction of sp³-hybridized carbons (Fsp3) is 0.0588. The van der Waals surface area contributed by atoms with Gasteiger partial charge in [0.2, 0.25) is 0 Å². The Balaban J connectivity index is 2.23. The van der Waals surface area contributed by atoms with Crippen molar-refractivity contribution < 1.29 is 19.4 Å². The van der Waals surface area contributed by atoms with E-state index in [1.807, 2.05) is 0 Å². The van der Waals surface area contributed by atoms with Gasteiger partial charge in [-0.15, -0.1) is 0 Å². The molecule has 6 heteroatoms. The molecule has 0 bridgehead atoms. The van der Waals surface area contributed by atoms with Crippen LogP contribution in [0.1, 0.15) is 21.5 Å². The third kappa shape index (κ3) is 2.38. The second kappa shape index (κ2) is 5.46. The number of nitrogens with zero attached hydrogens (tertiary/aromatic N) is 2. The molecule has 0 amide bonds. The highest BCUT2D eigenvalue weighted by Crippen LogP contribution is 2.30. The van der Waals surface area contributed by atoms with Crippen molar-refractivity contribution in [2.45, 2.75) is 6.67 Å². The molecule has 23 heavy (non-hydrogen) atoms. The van der Waals surface area contributed by atoms with Crippen molar-refractivity contribution in [1.29, 1.82) is 5.26 Å². The number of aromatic hydroxyl groups is 1. The molecule has 3 aromatic rings. The number of aromatic carboxylic acids is 1. The summed E-state index contributed by atoms with van der Waals surface area (Å²) in [4.78, 5) is 11.0. The van der Waals surface area contributed by atoms with E-state index in [1.54, 1.807) is 34.9 Å². The lowest BCUT2D eigenvalue weighted by Crippen LogP contribution is -1.97. The van der Waals surface area contributed by atoms with Crippen molar-refractivity contribution in [3.05, 3.63) is 59.3 Å². The zero-order valence-corrected chi connectivity index (χ0v) is 11.8. The molecule has 0 fully saturated rings. The Morgan fingerprint density at radius 2 is 2.04 bits per heavy atom. The van der Waals surface area contributed by atoms with Crippen LogP contribution in [0.4, 0.5) is 4.39 Å². The number of carboxylic acid groups (broad SMARTS) is 1. The topological polar surface area (TPSA) is 85.7 Å². The molecule has 1 aromatic carbocycles. The van der Waals surface area contributed by atoms with Gasteiger partial charge in [0, 0.05) is 11.8 Å². The maximum atomic E-state index is 12.8. The van der Waals surface area contributed by atoms with Crippen LogP contribution >= 0.6 is 0 Å². The zero-order chi connectivity index (χ0) is 16.6. The van der Waals surface area contributed by atoms with Crippen LogP contribution in [-0.2, 0) is 6.67 Å². The normalized spacial score (nSPS) is 10.6. The highest BCUT2D eigenvalue weighted by atomic mass is 19.1. The van der Waals surface area contributed by atoms with E-state index in [9.17, 15) is 19.6 Å². The molecule has 0 spiro atoms. The summed E-state index contributed by atoms with van der Waals surface area (Å²) in [6.45, 7) is -0.629. The molecule has 0 radical (unpaired) electrons. The Morgan fingerprint density at radius 3 is 2.65 bits per heavy atom. The Labute approximate surface area is 130 Å². The zero-order valence-electron chi connectivity index (χ0n) is 11.8. The largest absolute Gasteiger partial charge is 0.507 e. The van der Waals surface area contributed by atoms with Gasteiger partial charge < -0.3 is 14.6 Å². The van der Waals surface area contributed by atoms with E-state index in [1.165, 1.54) is 12.1 Å². The van der Waals surface area contributed by atoms with Crippen LogP contribution in [-0.4, -0.2) is 20.6 Å². The number of carbonyl (C=O) groups is 1. The molecule has 0 atom stereocenters. The van der Waals surface area contributed by atoms with Gasteiger partial charge in [0.15, 0.2) is 0 Å². The molecule has 0 aliphatic heterocycles. The number of rotatable bonds is 3. The lowest BCUT2D eigenvalue weighted by atomic mass is 10.1. The molecule has 0 unspecified atom stereocenters. The van der Waals surface area contributed by atoms with E-state index in [4.69, 9.17) is 5.11 Å². The molecule has 2 N–H and O–H groups in total. The summed E-state index contributed by atoms with van der Waals surface area (Å²) in [7, 11) is 0. The van der Waals surface area contributed by atoms with Crippen LogP contribution in [0.5, 0.6) is 5.75 Å². The van der Waals surface area contributed by atoms with Crippen LogP contribution in [0.25, 0.3) is 16.8 Å². The highest BCUT2D eigenvalue weighted by Gasteiger charge is 2.15. The van der Waals surface area contributed by atoms with Gasteiger partial charge in [0.1, 0.15) is 24.1 Å². The Bertz CT molecular complexity index is 970. The van der Waals surface area contributed by atoms with E-state index >= 15 is 0 Å². The number of hydrogen-bond acceptors (Lipinski definition) is 3. The molecule has 114 valence electrons. The average molecular weight is 310 g/mol. The SMILES string of the molecule is N#Cc1cc(-c2ccc(C(=O)O)c(O)c2)n2ccc(CF)cc12. The fourth-order valence-electron chi connectivity index (χ4n) is 2.51. The van der Waals surface area contributed by atoms with Gasteiger partial charge in [0.25, 0.3) is 0 Å². The Hall–Kier alpha value is -3.33. The molecule has 0 aliphatic carbocycles. The standard InChI is InChI=1S/C17H11FN2O3/c18-8-10-3-4-20-14(5-10)12(9-19)6-15(20)11-1-2-13(17(22)23)16(21)7-11/h1-7,21H,8H2,(H,22,23). The summed E-state index contributed by atoms with van der Waals surface area (Å²) in [6.07, 6.45) is 1.64. The number of hydrogen-bond donors (Lipinski definition) is 2. The van der Waals surface area contributed by atoms with Crippen LogP contribution in [0, 0.1) is 11.3 Å². The first-order valence-corrected chi connectivity index (χ1v) is 6.72. The number of aromatic nitrogens is 1. The minimum atomic E-state index is -1.22. The molecule has 0 saturated heterocycles. The van der Waals surface area contributed by atoms with E-state index in [0.717, 1.165) is 0 Å². The van der Waals surface area contributed by atoms with Gasteiger partial charge >= 0.3 is 5.97 Å². The molecule has 0 saturated carbocycles. The Kier molecular flexibility index (Phi) is 3.47. The number of nitriles is 1. The molecule has 3 rings (SSSR count). The smallest absolute Gasteiger partial charge is 0.339 e. The summed E-state index contributed by atoms with van der Waals surface area (Å²) < 4.78 is 14.5. The van der Waals surface area contributed by atoms with E-state index in [2.05, 4.69) is 6.07 Å². The van der Waals surface area contributed by atoms with Crippen molar-refractivity contribution in [3.63, 3.8) is 0 Å². The molecular formula is C17H11FN2O3. The second-order valence-electron chi connectivity index (χ2n) is 5.02. The first-order chi connectivity index (χ1) is 11.0. The number of carboxylic acids is 1. The summed E-state index contributed by atoms with van der Waals surface area (Å²) >= 11 is 0. The highest BCUT2D eigenvalue weighted by molar-refractivity contribution is 5.91. The average Bonchev–Trinajstić information content (AvgIpc) is 2.92. The first kappa shape index (κ1) is 14.6. The number of phenols is 1. The van der Waals surface area contributed by atoms with Crippen LogP contribution in [0.15, 0.2) is 42.6 Å². The number of halogens is 1. The lowest BCUT2D eigenvalue weighted by Gasteiger charge is -2.06. The maximum Gasteiger partial charge on any atom is 0.339 e. The number of fused-ring (bicyclic) bond motifs is 1. The predicted octanol–water partition coefficient (Wildman–Crippen LogP) is 3.35. The van der Waals surface area contributed by atoms with Crippen molar-refractivity contribution >= 4 is 11.5 Å². The van der Waals surface area contributed by atoms with Gasteiger partial charge in [-0.25, -0.2) is 9.18 Å². The number of pyridine rings is 1. The van der Waals surface area contributed by atoms with E-state index in [0.29, 0.717) is 27.9 Å². The molecule has 5 nitrogen and oxygen atoms in total. The molecule has 0 aliphatic rings. The number of benzene rings is 1. The van der Waals surface area contributed by atoms with E-state index in [-0.39, 0.29) is 11.3 Å². The molecule has 2 heterocycles. The van der Waals surface area contributed by atoms with Crippen molar-refractivity contribution in [1.82, 2.24) is 4.40 Å². The van der Waals surface area contributed by atoms with Gasteiger partial charge in [-0.1, -0.05) is 6.07 Å². The third-order valence-electron chi connectivity index (χ3n) is 3.63. The second-order valence-corrected chi connectivity index (χ2v) is 5.02. The fourth-order valence-corrected chi connectivity index (χ4v) is 2.51. The quantitative estimate of drug-likeness (QED) is 0.776. The predicted molar refractivity (Wildman–Crippen MR) is 81.0 cm³/mol. The van der Waals surface area contributed by atoms with E-state index < -0.39 is 12.6 Å². The molecular weight excluding hydrogens is 299 g/mol.